The molecule has 5 heteroatoms. The van der Waals surface area contributed by atoms with Crippen LogP contribution in [-0.4, -0.2) is 21.9 Å². The molecule has 0 saturated heterocycles. The summed E-state index contributed by atoms with van der Waals surface area (Å²) in [5, 5.41) is 8.93. The summed E-state index contributed by atoms with van der Waals surface area (Å²) in [5.41, 5.74) is 7.73. The molecule has 3 aromatic carbocycles. The Morgan fingerprint density at radius 3 is 2.74 bits per heavy atom. The zero-order chi connectivity index (χ0) is 21.6. The van der Waals surface area contributed by atoms with Crippen LogP contribution in [0.15, 0.2) is 91.1 Å². The van der Waals surface area contributed by atoms with Crippen molar-refractivity contribution in [3.63, 3.8) is 0 Å². The van der Waals surface area contributed by atoms with Gasteiger partial charge in [0, 0.05) is 12.1 Å². The highest BCUT2D eigenvalue weighted by atomic mass is 16.5. The van der Waals surface area contributed by atoms with Crippen LogP contribution in [-0.2, 0) is 13.0 Å². The van der Waals surface area contributed by atoms with Crippen molar-refractivity contribution in [1.29, 1.82) is 0 Å². The van der Waals surface area contributed by atoms with Gasteiger partial charge in [0.25, 0.3) is 0 Å². The van der Waals surface area contributed by atoms with Crippen LogP contribution in [0.4, 0.5) is 0 Å². The van der Waals surface area contributed by atoms with Crippen LogP contribution in [0.3, 0.4) is 0 Å². The van der Waals surface area contributed by atoms with Crippen molar-refractivity contribution in [2.75, 3.05) is 7.11 Å². The second-order valence-corrected chi connectivity index (χ2v) is 7.23. The van der Waals surface area contributed by atoms with Gasteiger partial charge in [-0.2, -0.15) is 0 Å². The fraction of sp³-hybridized carbons (Fsp3) is 0.115. The van der Waals surface area contributed by atoms with Crippen molar-refractivity contribution in [3.05, 3.63) is 102 Å². The second kappa shape index (κ2) is 9.32. The van der Waals surface area contributed by atoms with Crippen LogP contribution in [0.1, 0.15) is 11.1 Å². The molecule has 0 saturated carbocycles. The molecule has 1 aromatic heterocycles. The summed E-state index contributed by atoms with van der Waals surface area (Å²) < 4.78 is 7.79. The van der Waals surface area contributed by atoms with Gasteiger partial charge >= 0.3 is 0 Å². The zero-order valence-electron chi connectivity index (χ0n) is 17.5. The third-order valence-corrected chi connectivity index (χ3v) is 5.22. The van der Waals surface area contributed by atoms with Crippen LogP contribution in [0.25, 0.3) is 28.5 Å². The molecule has 0 aliphatic rings. The Bertz CT molecular complexity index is 1240. The van der Waals surface area contributed by atoms with E-state index in [1.54, 1.807) is 13.2 Å². The normalized spacial score (nSPS) is 11.2. The molecule has 0 unspecified atom stereocenters. The molecule has 0 aliphatic carbocycles. The van der Waals surface area contributed by atoms with Crippen molar-refractivity contribution in [2.24, 2.45) is 0 Å². The number of imidazole rings is 1. The Labute approximate surface area is 181 Å². The number of methoxy groups -OCH3 is 1. The van der Waals surface area contributed by atoms with E-state index in [1.165, 1.54) is 5.56 Å². The monoisotopic (exact) mass is 411 g/mol. The maximum absolute atomic E-state index is 8.93. The number of nitrogens with one attached hydrogen (secondary N) is 1. The van der Waals surface area contributed by atoms with E-state index in [4.69, 9.17) is 14.9 Å². The summed E-state index contributed by atoms with van der Waals surface area (Å²) in [6, 6.07) is 24.5. The molecule has 0 bridgehead atoms. The number of hydrogen-bond acceptors (Lipinski definition) is 4. The Hall–Kier alpha value is -3.83. The average molecular weight is 412 g/mol. The van der Waals surface area contributed by atoms with Gasteiger partial charge in [-0.05, 0) is 47.9 Å². The summed E-state index contributed by atoms with van der Waals surface area (Å²) >= 11 is 0. The minimum absolute atomic E-state index is 0.425. The Kier molecular flexibility index (Phi) is 6.15. The van der Waals surface area contributed by atoms with Gasteiger partial charge in [0.1, 0.15) is 11.6 Å². The highest BCUT2D eigenvalue weighted by Gasteiger charge is 2.13. The lowest BCUT2D eigenvalue weighted by atomic mass is 10.1. The van der Waals surface area contributed by atoms with Crippen LogP contribution in [0.2, 0.25) is 0 Å². The van der Waals surface area contributed by atoms with Crippen LogP contribution in [0.5, 0.6) is 5.75 Å². The molecule has 0 radical (unpaired) electrons. The van der Waals surface area contributed by atoms with Gasteiger partial charge in [-0.15, -0.1) is 0 Å². The van der Waals surface area contributed by atoms with Crippen LogP contribution in [0, 0.1) is 0 Å². The highest BCUT2D eigenvalue weighted by molar-refractivity contribution is 5.81. The van der Waals surface area contributed by atoms with Crippen molar-refractivity contribution in [3.8, 4) is 17.1 Å². The Balaban J connectivity index is 1.72. The van der Waals surface area contributed by atoms with E-state index < -0.39 is 0 Å². The van der Waals surface area contributed by atoms with E-state index in [0.717, 1.165) is 46.7 Å². The third-order valence-electron chi connectivity index (χ3n) is 5.22. The van der Waals surface area contributed by atoms with E-state index in [0.29, 0.717) is 5.70 Å². The van der Waals surface area contributed by atoms with Crippen LogP contribution < -0.4 is 10.2 Å². The molecule has 5 nitrogen and oxygen atoms in total. The number of aryl methyl sites for hydroxylation is 2. The lowest BCUT2D eigenvalue weighted by Gasteiger charge is -2.12. The molecular formula is C26H25N3O2. The number of hydroxylamine groups is 1. The quantitative estimate of drug-likeness (QED) is 0.299. The number of rotatable bonds is 8. The zero-order valence-corrected chi connectivity index (χ0v) is 17.5. The van der Waals surface area contributed by atoms with Crippen LogP contribution >= 0.6 is 0 Å². The first-order valence-corrected chi connectivity index (χ1v) is 10.1. The molecule has 0 atom stereocenters. The van der Waals surface area contributed by atoms with E-state index in [9.17, 15) is 0 Å². The largest absolute Gasteiger partial charge is 0.496 e. The van der Waals surface area contributed by atoms with Crippen molar-refractivity contribution in [2.45, 2.75) is 13.0 Å². The van der Waals surface area contributed by atoms with Gasteiger partial charge in [0.05, 0.1) is 23.8 Å². The van der Waals surface area contributed by atoms with Gasteiger partial charge < -0.3 is 9.30 Å². The smallest absolute Gasteiger partial charge is 0.141 e. The SMILES string of the molecule is C=C(/C=C/c1cccc(-c2nc3ccccc3n2CCc2ccccc2OC)c1)NO. The van der Waals surface area contributed by atoms with Gasteiger partial charge in [0.15, 0.2) is 0 Å². The van der Waals surface area contributed by atoms with Gasteiger partial charge in [-0.3, -0.25) is 10.7 Å². The summed E-state index contributed by atoms with van der Waals surface area (Å²) in [5.74, 6) is 1.82. The first kappa shape index (κ1) is 20.4. The molecule has 0 amide bonds. The van der Waals surface area contributed by atoms with Crippen molar-refractivity contribution < 1.29 is 9.94 Å². The molecular weight excluding hydrogens is 386 g/mol. The third kappa shape index (κ3) is 4.52. The van der Waals surface area contributed by atoms with Gasteiger partial charge in [-0.1, -0.05) is 61.2 Å². The van der Waals surface area contributed by atoms with Crippen molar-refractivity contribution >= 4 is 17.1 Å². The van der Waals surface area contributed by atoms with Gasteiger partial charge in [-0.25, -0.2) is 4.98 Å². The lowest BCUT2D eigenvalue weighted by Crippen LogP contribution is -2.05. The van der Waals surface area contributed by atoms with Gasteiger partial charge in [0.2, 0.25) is 0 Å². The fourth-order valence-electron chi connectivity index (χ4n) is 3.68. The number of para-hydroxylation sites is 3. The minimum atomic E-state index is 0.425. The minimum Gasteiger partial charge on any atom is -0.496 e. The molecule has 2 N–H and O–H groups in total. The first-order chi connectivity index (χ1) is 15.2. The van der Waals surface area contributed by atoms with Crippen molar-refractivity contribution in [1.82, 2.24) is 15.0 Å². The molecule has 0 aliphatic heterocycles. The molecule has 0 fully saturated rings. The number of ether oxygens (including phenoxy) is 1. The highest BCUT2D eigenvalue weighted by Crippen LogP contribution is 2.27. The van der Waals surface area contributed by atoms with E-state index in [-0.39, 0.29) is 0 Å². The molecule has 4 rings (SSSR count). The Morgan fingerprint density at radius 1 is 1.10 bits per heavy atom. The number of fused-ring (bicyclic) bond motifs is 1. The number of benzene rings is 3. The number of hydrogen-bond donors (Lipinski definition) is 2. The predicted octanol–water partition coefficient (Wildman–Crippen LogP) is 5.46. The molecule has 0 spiro atoms. The molecule has 4 aromatic rings. The number of aromatic nitrogens is 2. The fourth-order valence-corrected chi connectivity index (χ4v) is 3.68. The van der Waals surface area contributed by atoms with E-state index >= 15 is 0 Å². The summed E-state index contributed by atoms with van der Waals surface area (Å²) in [6.07, 6.45) is 4.46. The maximum atomic E-state index is 8.93. The molecule has 1 heterocycles. The Morgan fingerprint density at radius 2 is 1.90 bits per heavy atom. The maximum Gasteiger partial charge on any atom is 0.141 e. The second-order valence-electron chi connectivity index (χ2n) is 7.23. The number of nitrogens with zero attached hydrogens (tertiary/aromatic N) is 2. The van der Waals surface area contributed by atoms with E-state index in [2.05, 4.69) is 35.4 Å². The molecule has 156 valence electrons. The number of allylic oxidation sites excluding steroid dienone is 1. The van der Waals surface area contributed by atoms with E-state index in [1.807, 2.05) is 60.1 Å². The standard InChI is InChI=1S/C26H25N3O2/c1-19(28-30)14-15-20-8-7-10-22(18-20)26-27-23-11-4-5-12-24(23)29(26)17-16-21-9-3-6-13-25(21)31-2/h3-15,18,28,30H,1,16-17H2,2H3/b15-14+. The predicted molar refractivity (Wildman–Crippen MR) is 125 cm³/mol. The molecule has 31 heavy (non-hydrogen) atoms. The average Bonchev–Trinajstić information content (AvgIpc) is 3.20. The summed E-state index contributed by atoms with van der Waals surface area (Å²) in [4.78, 5) is 4.93. The first-order valence-electron chi connectivity index (χ1n) is 10.1. The topological polar surface area (TPSA) is 59.3 Å². The lowest BCUT2D eigenvalue weighted by molar-refractivity contribution is 0.205. The summed E-state index contributed by atoms with van der Waals surface area (Å²) in [7, 11) is 1.71. The summed E-state index contributed by atoms with van der Waals surface area (Å²) in [6.45, 7) is 4.48.